The Morgan fingerprint density at radius 2 is 1.88 bits per heavy atom. The van der Waals surface area contributed by atoms with Crippen LogP contribution in [0.4, 0.5) is 13.6 Å². The summed E-state index contributed by atoms with van der Waals surface area (Å²) in [5.41, 5.74) is 1.96. The number of alkyl carbamates (subject to hydrolysis) is 1. The highest BCUT2D eigenvalue weighted by Crippen LogP contribution is 2.36. The Bertz CT molecular complexity index is 1740. The quantitative estimate of drug-likeness (QED) is 0.0887. The molecule has 0 radical (unpaired) electrons. The van der Waals surface area contributed by atoms with Gasteiger partial charge in [-0.15, -0.1) is 0 Å². The zero-order valence-corrected chi connectivity index (χ0v) is 27.8. The van der Waals surface area contributed by atoms with Crippen molar-refractivity contribution in [3.63, 3.8) is 0 Å². The summed E-state index contributed by atoms with van der Waals surface area (Å²) >= 11 is 6.48. The van der Waals surface area contributed by atoms with Gasteiger partial charge in [0, 0.05) is 17.8 Å². The summed E-state index contributed by atoms with van der Waals surface area (Å²) < 4.78 is 33.8. The van der Waals surface area contributed by atoms with Gasteiger partial charge in [0.2, 0.25) is 6.41 Å². The smallest absolute Gasteiger partial charge is 0.407 e. The first kappa shape index (κ1) is 34.5. The van der Waals surface area contributed by atoms with Crippen LogP contribution >= 0.6 is 11.6 Å². The van der Waals surface area contributed by atoms with E-state index in [0.29, 0.717) is 44.9 Å². The van der Waals surface area contributed by atoms with Crippen molar-refractivity contribution < 1.29 is 23.1 Å². The van der Waals surface area contributed by atoms with Crippen LogP contribution in [0.15, 0.2) is 67.5 Å². The molecule has 2 heterocycles. The van der Waals surface area contributed by atoms with E-state index in [9.17, 15) is 23.8 Å². The van der Waals surface area contributed by atoms with Gasteiger partial charge in [0.25, 0.3) is 0 Å². The first-order valence-corrected chi connectivity index (χ1v) is 15.8. The lowest BCUT2D eigenvalue weighted by Crippen LogP contribution is -2.52. The summed E-state index contributed by atoms with van der Waals surface area (Å²) in [7, 11) is 0. The van der Waals surface area contributed by atoms with Gasteiger partial charge < -0.3 is 15.4 Å². The fraction of sp³-hybridized carbons (Fsp3) is 0.394. The summed E-state index contributed by atoms with van der Waals surface area (Å²) in [6.45, 7) is 5.13. The molecule has 0 saturated heterocycles. The van der Waals surface area contributed by atoms with Crippen LogP contribution < -0.4 is 10.6 Å². The molecule has 0 bridgehead atoms. The number of benzene rings is 2. The van der Waals surface area contributed by atoms with E-state index in [1.165, 1.54) is 34.6 Å². The Hall–Kier alpha value is -4.85. The van der Waals surface area contributed by atoms with Crippen molar-refractivity contribution in [3.05, 3.63) is 83.7 Å². The Morgan fingerprint density at radius 3 is 2.46 bits per heavy atom. The van der Waals surface area contributed by atoms with Crippen molar-refractivity contribution in [2.45, 2.75) is 71.1 Å². The molecule has 48 heavy (non-hydrogen) atoms. The molecule has 1 unspecified atom stereocenters. The summed E-state index contributed by atoms with van der Waals surface area (Å²) in [6, 6.07) is 11.5. The van der Waals surface area contributed by atoms with Gasteiger partial charge in [0.05, 0.1) is 28.5 Å². The topological polar surface area (TPSA) is 143 Å². The van der Waals surface area contributed by atoms with Gasteiger partial charge >= 0.3 is 12.6 Å². The lowest BCUT2D eigenvalue weighted by molar-refractivity contribution is -0.117. The summed E-state index contributed by atoms with van der Waals surface area (Å²) in [6.07, 6.45) is 7.70. The van der Waals surface area contributed by atoms with Crippen molar-refractivity contribution in [2.24, 2.45) is 5.41 Å². The number of alkyl halides is 2. The lowest BCUT2D eigenvalue weighted by Gasteiger charge is -2.40. The van der Waals surface area contributed by atoms with E-state index in [1.54, 1.807) is 30.3 Å². The number of aromatic nitrogens is 5. The predicted molar refractivity (Wildman–Crippen MR) is 176 cm³/mol. The van der Waals surface area contributed by atoms with Gasteiger partial charge in [-0.1, -0.05) is 62.7 Å². The molecule has 4 aromatic rings. The molecule has 5 rings (SSSR count). The van der Waals surface area contributed by atoms with Crippen LogP contribution in [0.5, 0.6) is 0 Å². The molecule has 2 aromatic carbocycles. The molecule has 1 aliphatic carbocycles. The van der Waals surface area contributed by atoms with E-state index >= 15 is 0 Å². The molecule has 15 heteroatoms. The number of amides is 2. The Morgan fingerprint density at radius 1 is 1.15 bits per heavy atom. The maximum Gasteiger partial charge on any atom is 0.407 e. The molecule has 0 spiro atoms. The number of guanidine groups is 1. The molecular weight excluding hydrogens is 644 g/mol. The fourth-order valence-corrected chi connectivity index (χ4v) is 5.89. The van der Waals surface area contributed by atoms with Gasteiger partial charge in [-0.05, 0) is 60.4 Å². The molecule has 2 atom stereocenters. The van der Waals surface area contributed by atoms with E-state index in [-0.39, 0.29) is 24.0 Å². The van der Waals surface area contributed by atoms with Crippen molar-refractivity contribution in [1.29, 1.82) is 5.41 Å². The van der Waals surface area contributed by atoms with Crippen molar-refractivity contribution in [3.8, 4) is 16.8 Å². The normalized spacial score (nSPS) is 15.0. The Labute approximate surface area is 281 Å². The molecule has 1 fully saturated rings. The molecule has 3 N–H and O–H groups in total. The van der Waals surface area contributed by atoms with Gasteiger partial charge in [-0.3, -0.25) is 15.1 Å². The van der Waals surface area contributed by atoms with Crippen LogP contribution in [0.25, 0.3) is 16.8 Å². The molecule has 2 amide bonds. The molecule has 1 saturated carbocycles. The van der Waals surface area contributed by atoms with E-state index in [2.05, 4.69) is 46.6 Å². The lowest BCUT2D eigenvalue weighted by atomic mass is 9.76. The van der Waals surface area contributed by atoms with Crippen LogP contribution in [-0.2, 0) is 15.1 Å². The van der Waals surface area contributed by atoms with E-state index < -0.39 is 24.2 Å². The standard InChI is InChI=1S/C33H38ClF2N9O3/c1-32(2,3)17-33(4,24-8-5-21(6-9-24)23-14-39-44(15-23)29(35)36)42-30(37)43(20-46)28(16-48-31(47)41-25-10-11-25)22-7-12-26(34)27(13-22)45-19-38-18-40-45/h5-9,12-15,18-20,25,28-29H,10-11,16-17H2,1-4H3,(H2,37,42)(H,41,47)/t28-,33?/m1/s1. The second kappa shape index (κ2) is 14.1. The molecule has 1 aliphatic rings. The minimum atomic E-state index is -2.74. The number of hydrogen-bond acceptors (Lipinski definition) is 7. The van der Waals surface area contributed by atoms with Crippen LogP contribution in [0.1, 0.15) is 70.7 Å². The third-order valence-electron chi connectivity index (χ3n) is 7.93. The second-order valence-corrected chi connectivity index (χ2v) is 13.6. The van der Waals surface area contributed by atoms with Crippen LogP contribution in [0, 0.1) is 10.8 Å². The van der Waals surface area contributed by atoms with E-state index in [4.69, 9.17) is 16.3 Å². The zero-order valence-electron chi connectivity index (χ0n) is 27.0. The van der Waals surface area contributed by atoms with Gasteiger partial charge in [-0.25, -0.2) is 19.1 Å². The highest BCUT2D eigenvalue weighted by molar-refractivity contribution is 6.32. The maximum atomic E-state index is 13.1. The number of nitrogens with zero attached hydrogens (tertiary/aromatic N) is 6. The summed E-state index contributed by atoms with van der Waals surface area (Å²) in [5, 5.41) is 23.5. The molecule has 12 nitrogen and oxygen atoms in total. The van der Waals surface area contributed by atoms with Gasteiger partial charge in [0.15, 0.2) is 5.96 Å². The average molecular weight is 682 g/mol. The SMILES string of the molecule is CC(C)(C)CC(C)(NC(=N)N(C=O)[C@H](COC(=O)NC1CC1)c1ccc(Cl)c(-n2cncn2)c1)c1ccc(-c2cnn(C(F)F)c2)cc1. The molecule has 254 valence electrons. The monoisotopic (exact) mass is 681 g/mol. The van der Waals surface area contributed by atoms with Crippen LogP contribution in [0.2, 0.25) is 5.02 Å². The number of carbonyl (C=O) groups excluding carboxylic acids is 2. The minimum absolute atomic E-state index is 0.0671. The maximum absolute atomic E-state index is 13.1. The van der Waals surface area contributed by atoms with Crippen molar-refractivity contribution >= 4 is 30.1 Å². The number of rotatable bonds is 12. The minimum Gasteiger partial charge on any atom is -0.447 e. The number of nitrogens with one attached hydrogen (secondary N) is 3. The van der Waals surface area contributed by atoms with Crippen LogP contribution in [-0.4, -0.2) is 60.6 Å². The first-order chi connectivity index (χ1) is 22.8. The summed E-state index contributed by atoms with van der Waals surface area (Å²) in [5.74, 6) is -0.229. The number of hydrogen-bond donors (Lipinski definition) is 3. The van der Waals surface area contributed by atoms with Crippen LogP contribution in [0.3, 0.4) is 0 Å². The van der Waals surface area contributed by atoms with Crippen molar-refractivity contribution in [1.82, 2.24) is 40.1 Å². The van der Waals surface area contributed by atoms with E-state index in [0.717, 1.165) is 18.4 Å². The number of halogens is 3. The largest absolute Gasteiger partial charge is 0.447 e. The van der Waals surface area contributed by atoms with Crippen molar-refractivity contribution in [2.75, 3.05) is 6.61 Å². The van der Waals surface area contributed by atoms with E-state index in [1.807, 2.05) is 19.1 Å². The van der Waals surface area contributed by atoms with Gasteiger partial charge in [-0.2, -0.15) is 19.0 Å². The second-order valence-electron chi connectivity index (χ2n) is 13.2. The Balaban J connectivity index is 1.45. The van der Waals surface area contributed by atoms with Gasteiger partial charge in [0.1, 0.15) is 19.3 Å². The third-order valence-corrected chi connectivity index (χ3v) is 8.25. The highest BCUT2D eigenvalue weighted by Gasteiger charge is 2.36. The predicted octanol–water partition coefficient (Wildman–Crippen LogP) is 6.44. The third kappa shape index (κ3) is 8.35. The molecular formula is C33H38ClF2N9O3. The zero-order chi connectivity index (χ0) is 34.6. The highest BCUT2D eigenvalue weighted by atomic mass is 35.5. The Kier molecular flexibility index (Phi) is 10.1. The number of ether oxygens (including phenoxy) is 1. The first-order valence-electron chi connectivity index (χ1n) is 15.4. The molecule has 0 aliphatic heterocycles. The average Bonchev–Trinajstić information content (AvgIpc) is 3.45. The summed E-state index contributed by atoms with van der Waals surface area (Å²) in [4.78, 5) is 30.5. The number of carbonyl (C=O) groups is 2. The fourth-order valence-electron chi connectivity index (χ4n) is 5.68. The molecule has 2 aromatic heterocycles.